The first-order valence-corrected chi connectivity index (χ1v) is 6.05. The van der Waals surface area contributed by atoms with Crippen molar-refractivity contribution in [1.29, 1.82) is 0 Å². The van der Waals surface area contributed by atoms with Crippen molar-refractivity contribution in [1.82, 2.24) is 0 Å². The van der Waals surface area contributed by atoms with Crippen LogP contribution in [0.2, 0.25) is 0 Å². The highest BCUT2D eigenvalue weighted by Crippen LogP contribution is 2.38. The molecule has 0 unspecified atom stereocenters. The maximum absolute atomic E-state index is 11.5. The van der Waals surface area contributed by atoms with Crippen LogP contribution in [0, 0.1) is 10.1 Å². The summed E-state index contributed by atoms with van der Waals surface area (Å²) in [5, 5.41) is 11.0. The van der Waals surface area contributed by atoms with Crippen LogP contribution >= 0.6 is 15.9 Å². The smallest absolute Gasteiger partial charge is 0.294 e. The van der Waals surface area contributed by atoms with E-state index < -0.39 is 4.92 Å². The first-order chi connectivity index (χ1) is 8.00. The fraction of sp³-hybridized carbons (Fsp3) is 0.364. The zero-order valence-corrected chi connectivity index (χ0v) is 10.9. The van der Waals surface area contributed by atoms with E-state index >= 15 is 0 Å². The Balaban J connectivity index is 2.65. The molecule has 0 saturated carbocycles. The summed E-state index contributed by atoms with van der Waals surface area (Å²) in [4.78, 5) is 23.6. The Morgan fingerprint density at radius 1 is 1.53 bits per heavy atom. The Hall–Kier alpha value is -1.43. The Kier molecular flexibility index (Phi) is 3.15. The van der Waals surface area contributed by atoms with Crippen LogP contribution in [-0.4, -0.2) is 17.4 Å². The fourth-order valence-electron chi connectivity index (χ4n) is 2.14. The van der Waals surface area contributed by atoms with E-state index in [1.165, 1.54) is 17.9 Å². The van der Waals surface area contributed by atoms with Gasteiger partial charge in [0.2, 0.25) is 5.91 Å². The molecule has 0 aromatic heterocycles. The Labute approximate surface area is 107 Å². The number of nitrogens with zero attached hydrogens (tertiary/aromatic N) is 2. The van der Waals surface area contributed by atoms with Gasteiger partial charge >= 0.3 is 0 Å². The highest BCUT2D eigenvalue weighted by Gasteiger charge is 2.29. The van der Waals surface area contributed by atoms with Gasteiger partial charge in [0.1, 0.15) is 5.69 Å². The van der Waals surface area contributed by atoms with Crippen LogP contribution in [0.25, 0.3) is 0 Å². The van der Waals surface area contributed by atoms with Crippen molar-refractivity contribution in [3.8, 4) is 0 Å². The normalized spacial score (nSPS) is 14.4. The van der Waals surface area contributed by atoms with E-state index in [4.69, 9.17) is 0 Å². The summed E-state index contributed by atoms with van der Waals surface area (Å²) < 4.78 is 0.674. The van der Waals surface area contributed by atoms with Crippen LogP contribution in [0.4, 0.5) is 11.4 Å². The van der Waals surface area contributed by atoms with Gasteiger partial charge in [-0.25, -0.2) is 0 Å². The molecule has 2 rings (SSSR count). The number of nitro groups is 1. The van der Waals surface area contributed by atoms with Gasteiger partial charge in [0.25, 0.3) is 5.69 Å². The lowest BCUT2D eigenvalue weighted by molar-refractivity contribution is -0.384. The third-order valence-corrected chi connectivity index (χ3v) is 3.27. The average molecular weight is 299 g/mol. The van der Waals surface area contributed by atoms with Gasteiger partial charge in [0, 0.05) is 24.0 Å². The van der Waals surface area contributed by atoms with Crippen LogP contribution < -0.4 is 4.90 Å². The van der Waals surface area contributed by atoms with E-state index in [1.807, 2.05) is 6.07 Å². The molecule has 6 heteroatoms. The predicted molar refractivity (Wildman–Crippen MR) is 67.1 cm³/mol. The molecule has 0 saturated heterocycles. The molecule has 1 heterocycles. The molecule has 0 aliphatic carbocycles. The monoisotopic (exact) mass is 298 g/mol. The van der Waals surface area contributed by atoms with Crippen molar-refractivity contribution in [2.45, 2.75) is 19.8 Å². The van der Waals surface area contributed by atoms with Crippen molar-refractivity contribution in [3.63, 3.8) is 0 Å². The van der Waals surface area contributed by atoms with Gasteiger partial charge in [0.05, 0.1) is 4.92 Å². The molecule has 17 heavy (non-hydrogen) atoms. The minimum absolute atomic E-state index is 0.00993. The number of halogens is 1. The number of amides is 1. The average Bonchev–Trinajstić information content (AvgIpc) is 2.26. The van der Waals surface area contributed by atoms with Crippen LogP contribution in [-0.2, 0) is 11.2 Å². The number of rotatable bonds is 1. The summed E-state index contributed by atoms with van der Waals surface area (Å²) in [6.07, 6.45) is 1.60. The Bertz CT molecular complexity index is 502. The lowest BCUT2D eigenvalue weighted by Gasteiger charge is -2.28. The van der Waals surface area contributed by atoms with Crippen LogP contribution in [0.5, 0.6) is 0 Å². The van der Waals surface area contributed by atoms with Crippen molar-refractivity contribution < 1.29 is 9.72 Å². The van der Waals surface area contributed by atoms with E-state index in [1.54, 1.807) is 0 Å². The summed E-state index contributed by atoms with van der Waals surface area (Å²) in [5.41, 5.74) is 1.30. The molecule has 0 N–H and O–H groups in total. The minimum Gasteiger partial charge on any atom is -0.306 e. The third kappa shape index (κ3) is 2.17. The molecule has 0 fully saturated rings. The van der Waals surface area contributed by atoms with Crippen LogP contribution in [0.15, 0.2) is 16.6 Å². The molecule has 1 amide bonds. The molecular formula is C11H11BrN2O3. The van der Waals surface area contributed by atoms with Gasteiger partial charge in [-0.3, -0.25) is 14.9 Å². The minimum atomic E-state index is -0.440. The number of carbonyl (C=O) groups excluding carboxylic acids is 1. The predicted octanol–water partition coefficient (Wildman–Crippen LogP) is 2.66. The molecule has 5 nitrogen and oxygen atoms in total. The van der Waals surface area contributed by atoms with Gasteiger partial charge in [-0.15, -0.1) is 0 Å². The molecule has 0 atom stereocenters. The molecule has 0 radical (unpaired) electrons. The van der Waals surface area contributed by atoms with Gasteiger partial charge in [-0.1, -0.05) is 15.9 Å². The van der Waals surface area contributed by atoms with Crippen molar-refractivity contribution in [3.05, 3.63) is 32.3 Å². The number of aryl methyl sites for hydroxylation is 1. The van der Waals surface area contributed by atoms with Crippen LogP contribution in [0.3, 0.4) is 0 Å². The van der Waals surface area contributed by atoms with Crippen molar-refractivity contribution >= 4 is 33.2 Å². The lowest BCUT2D eigenvalue weighted by atomic mass is 10.0. The van der Waals surface area contributed by atoms with E-state index in [0.717, 1.165) is 18.4 Å². The lowest BCUT2D eigenvalue weighted by Crippen LogP contribution is -2.34. The van der Waals surface area contributed by atoms with E-state index in [0.29, 0.717) is 16.7 Å². The molecule has 1 aromatic rings. The molecule has 0 bridgehead atoms. The second kappa shape index (κ2) is 4.44. The SMILES string of the molecule is CC(=O)N1CCCc2cc(Br)cc([N+](=O)[O-])c21. The van der Waals surface area contributed by atoms with E-state index in [-0.39, 0.29) is 11.6 Å². The largest absolute Gasteiger partial charge is 0.306 e. The van der Waals surface area contributed by atoms with E-state index in [9.17, 15) is 14.9 Å². The van der Waals surface area contributed by atoms with Gasteiger partial charge < -0.3 is 4.90 Å². The quantitative estimate of drug-likeness (QED) is 0.591. The van der Waals surface area contributed by atoms with Gasteiger partial charge in [0.15, 0.2) is 0 Å². The van der Waals surface area contributed by atoms with Crippen molar-refractivity contribution in [2.75, 3.05) is 11.4 Å². The van der Waals surface area contributed by atoms with Crippen molar-refractivity contribution in [2.24, 2.45) is 0 Å². The van der Waals surface area contributed by atoms with Gasteiger partial charge in [-0.05, 0) is 24.5 Å². The number of hydrogen-bond acceptors (Lipinski definition) is 3. The molecule has 0 spiro atoms. The first kappa shape index (κ1) is 12.0. The van der Waals surface area contributed by atoms with Gasteiger partial charge in [-0.2, -0.15) is 0 Å². The number of anilines is 1. The second-order valence-corrected chi connectivity index (χ2v) is 4.88. The summed E-state index contributed by atoms with van der Waals surface area (Å²) >= 11 is 3.26. The number of benzene rings is 1. The molecular weight excluding hydrogens is 288 g/mol. The Morgan fingerprint density at radius 2 is 2.24 bits per heavy atom. The number of hydrogen-bond donors (Lipinski definition) is 0. The summed E-state index contributed by atoms with van der Waals surface area (Å²) in [5.74, 6) is -0.156. The zero-order valence-electron chi connectivity index (χ0n) is 9.27. The number of carbonyl (C=O) groups is 1. The summed E-state index contributed by atoms with van der Waals surface area (Å²) in [6.45, 7) is 1.98. The molecule has 90 valence electrons. The second-order valence-electron chi connectivity index (χ2n) is 3.96. The third-order valence-electron chi connectivity index (χ3n) is 2.81. The fourth-order valence-corrected chi connectivity index (χ4v) is 2.63. The topological polar surface area (TPSA) is 63.5 Å². The molecule has 1 aliphatic heterocycles. The zero-order chi connectivity index (χ0) is 12.6. The number of nitro benzene ring substituents is 1. The van der Waals surface area contributed by atoms with E-state index in [2.05, 4.69) is 15.9 Å². The highest BCUT2D eigenvalue weighted by atomic mass is 79.9. The maximum atomic E-state index is 11.5. The summed E-state index contributed by atoms with van der Waals surface area (Å²) in [6, 6.07) is 3.29. The summed E-state index contributed by atoms with van der Waals surface area (Å²) in [7, 11) is 0. The first-order valence-electron chi connectivity index (χ1n) is 5.25. The maximum Gasteiger partial charge on any atom is 0.294 e. The highest BCUT2D eigenvalue weighted by molar-refractivity contribution is 9.10. The molecule has 1 aliphatic rings. The standard InChI is InChI=1S/C11H11BrN2O3/c1-7(15)13-4-2-3-8-5-9(12)6-10(11(8)13)14(16)17/h5-6H,2-4H2,1H3. The Morgan fingerprint density at radius 3 is 2.82 bits per heavy atom. The molecule has 1 aromatic carbocycles. The van der Waals surface area contributed by atoms with Crippen LogP contribution in [0.1, 0.15) is 18.9 Å². The number of fused-ring (bicyclic) bond motifs is 1.